The van der Waals surface area contributed by atoms with Gasteiger partial charge in [-0.25, -0.2) is 19.2 Å². The van der Waals surface area contributed by atoms with E-state index < -0.39 is 11.9 Å². The van der Waals surface area contributed by atoms with Crippen molar-refractivity contribution in [1.29, 1.82) is 0 Å². The summed E-state index contributed by atoms with van der Waals surface area (Å²) in [5, 5.41) is 14.4. The average Bonchev–Trinajstić information content (AvgIpc) is 2.88. The number of anilines is 3. The smallest absolute Gasteiger partial charge is 0.413 e. The van der Waals surface area contributed by atoms with Crippen LogP contribution in [0.2, 0.25) is 0 Å². The minimum atomic E-state index is -1.06. The van der Waals surface area contributed by atoms with E-state index in [9.17, 15) is 9.90 Å². The summed E-state index contributed by atoms with van der Waals surface area (Å²) in [6.07, 6.45) is 3.44. The van der Waals surface area contributed by atoms with E-state index in [1.165, 1.54) is 11.1 Å². The molecular formula is C26H29FN6O4. The number of pyridine rings is 2. The fourth-order valence-electron chi connectivity index (χ4n) is 5.56. The van der Waals surface area contributed by atoms with Crippen molar-refractivity contribution in [3.8, 4) is 17.0 Å². The highest BCUT2D eigenvalue weighted by molar-refractivity contribution is 5.99. The Balaban J connectivity index is 1.35. The first-order valence-corrected chi connectivity index (χ1v) is 12.5. The van der Waals surface area contributed by atoms with Gasteiger partial charge in [-0.15, -0.1) is 0 Å². The number of amides is 1. The number of fused-ring (bicyclic) bond motifs is 2. The SMILES string of the molecule is Cc1c(-c2cc3cc(N(C(=O)O)C4CC(N5CCOCC5)C4)ncc3c(N)c2F)cnc2c1NCCO2. The normalized spacial score (nSPS) is 21.5. The van der Waals surface area contributed by atoms with Crippen molar-refractivity contribution in [2.75, 3.05) is 55.4 Å². The molecule has 4 N–H and O–H groups in total. The van der Waals surface area contributed by atoms with Gasteiger partial charge in [-0.2, -0.15) is 0 Å². The molecule has 0 bridgehead atoms. The first-order chi connectivity index (χ1) is 17.9. The Morgan fingerprint density at radius 3 is 2.73 bits per heavy atom. The third kappa shape index (κ3) is 4.08. The van der Waals surface area contributed by atoms with Gasteiger partial charge in [0.15, 0.2) is 5.82 Å². The summed E-state index contributed by atoms with van der Waals surface area (Å²) in [6, 6.07) is 3.52. The van der Waals surface area contributed by atoms with E-state index in [-0.39, 0.29) is 11.7 Å². The molecule has 6 rings (SSSR count). The second-order valence-electron chi connectivity index (χ2n) is 9.75. The molecule has 11 heteroatoms. The van der Waals surface area contributed by atoms with Crippen molar-refractivity contribution < 1.29 is 23.8 Å². The van der Waals surface area contributed by atoms with Crippen LogP contribution < -0.4 is 20.7 Å². The van der Waals surface area contributed by atoms with Crippen molar-refractivity contribution in [3.05, 3.63) is 35.9 Å². The first-order valence-electron chi connectivity index (χ1n) is 12.5. The fourth-order valence-corrected chi connectivity index (χ4v) is 5.56. The summed E-state index contributed by atoms with van der Waals surface area (Å²) in [6.45, 7) is 6.17. The quantitative estimate of drug-likeness (QED) is 0.454. The summed E-state index contributed by atoms with van der Waals surface area (Å²) in [7, 11) is 0. The third-order valence-electron chi connectivity index (χ3n) is 7.69. The number of morpholine rings is 1. The van der Waals surface area contributed by atoms with E-state index in [1.807, 2.05) is 6.92 Å². The maximum absolute atomic E-state index is 15.5. The Morgan fingerprint density at radius 1 is 1.19 bits per heavy atom. The van der Waals surface area contributed by atoms with E-state index in [0.29, 0.717) is 66.0 Å². The van der Waals surface area contributed by atoms with Crippen LogP contribution in [0.25, 0.3) is 21.9 Å². The molecule has 194 valence electrons. The molecule has 0 radical (unpaired) electrons. The molecule has 0 atom stereocenters. The molecule has 1 saturated heterocycles. The number of nitrogen functional groups attached to an aromatic ring is 1. The number of nitrogens with zero attached hydrogens (tertiary/aromatic N) is 4. The van der Waals surface area contributed by atoms with Gasteiger partial charge in [0, 0.05) is 60.6 Å². The lowest BCUT2D eigenvalue weighted by atomic mass is 9.84. The highest BCUT2D eigenvalue weighted by atomic mass is 19.1. The zero-order valence-electron chi connectivity index (χ0n) is 20.5. The van der Waals surface area contributed by atoms with Gasteiger partial charge in [-0.1, -0.05) is 0 Å². The molecule has 2 aromatic heterocycles. The number of aromatic nitrogens is 2. The monoisotopic (exact) mass is 508 g/mol. The maximum atomic E-state index is 15.5. The number of halogens is 1. The Kier molecular flexibility index (Phi) is 5.96. The molecule has 4 heterocycles. The van der Waals surface area contributed by atoms with Crippen molar-refractivity contribution in [1.82, 2.24) is 14.9 Å². The lowest BCUT2D eigenvalue weighted by Crippen LogP contribution is -2.57. The number of carbonyl (C=O) groups is 1. The third-order valence-corrected chi connectivity index (χ3v) is 7.69. The molecule has 1 aromatic carbocycles. The molecule has 0 unspecified atom stereocenters. The Bertz CT molecular complexity index is 1370. The molecule has 3 aliphatic rings. The zero-order valence-corrected chi connectivity index (χ0v) is 20.5. The van der Waals surface area contributed by atoms with Crippen LogP contribution >= 0.6 is 0 Å². The van der Waals surface area contributed by atoms with Gasteiger partial charge in [0.2, 0.25) is 5.88 Å². The van der Waals surface area contributed by atoms with Gasteiger partial charge in [0.25, 0.3) is 0 Å². The van der Waals surface area contributed by atoms with Gasteiger partial charge in [-0.3, -0.25) is 9.80 Å². The van der Waals surface area contributed by atoms with Crippen LogP contribution in [-0.2, 0) is 4.74 Å². The van der Waals surface area contributed by atoms with Gasteiger partial charge in [0.1, 0.15) is 18.1 Å². The molecule has 37 heavy (non-hydrogen) atoms. The predicted molar refractivity (Wildman–Crippen MR) is 138 cm³/mol. The van der Waals surface area contributed by atoms with Crippen LogP contribution in [-0.4, -0.2) is 77.6 Å². The lowest BCUT2D eigenvalue weighted by Gasteiger charge is -2.47. The highest BCUT2D eigenvalue weighted by Crippen LogP contribution is 2.40. The van der Waals surface area contributed by atoms with Crippen molar-refractivity contribution in [2.45, 2.75) is 31.8 Å². The van der Waals surface area contributed by atoms with Crippen LogP contribution in [0.4, 0.5) is 26.4 Å². The van der Waals surface area contributed by atoms with Crippen LogP contribution in [0.15, 0.2) is 24.5 Å². The number of hydrogen-bond acceptors (Lipinski definition) is 8. The minimum Gasteiger partial charge on any atom is -0.474 e. The summed E-state index contributed by atoms with van der Waals surface area (Å²) in [5.74, 6) is 0.227. The van der Waals surface area contributed by atoms with Crippen LogP contribution in [0.1, 0.15) is 18.4 Å². The van der Waals surface area contributed by atoms with Crippen molar-refractivity contribution in [3.63, 3.8) is 0 Å². The molecule has 1 amide bonds. The molecular weight excluding hydrogens is 479 g/mol. The fraction of sp³-hybridized carbons (Fsp3) is 0.423. The number of benzene rings is 1. The van der Waals surface area contributed by atoms with Gasteiger partial charge in [0.05, 0.1) is 18.9 Å². The molecule has 1 aliphatic carbocycles. The number of hydrogen-bond donors (Lipinski definition) is 3. The summed E-state index contributed by atoms with van der Waals surface area (Å²) in [5.41, 5.74) is 8.58. The van der Waals surface area contributed by atoms with Crippen molar-refractivity contribution >= 4 is 34.1 Å². The molecule has 2 aliphatic heterocycles. The van der Waals surface area contributed by atoms with E-state index in [0.717, 1.165) is 37.2 Å². The standard InChI is InChI=1S/C26H29FN6O4/c1-14-19(12-31-25-24(14)29-2-5-37-25)18-8-15-9-21(30-13-20(15)23(28)22(18)27)33(26(34)35)17-10-16(11-17)32-3-6-36-7-4-32/h8-9,12-13,16-17,29H,2-7,10-11,28H2,1H3,(H,34,35). The molecule has 10 nitrogen and oxygen atoms in total. The summed E-state index contributed by atoms with van der Waals surface area (Å²) >= 11 is 0. The largest absolute Gasteiger partial charge is 0.474 e. The Morgan fingerprint density at radius 2 is 1.97 bits per heavy atom. The number of nitrogens with two attached hydrogens (primary N) is 1. The van der Waals surface area contributed by atoms with Gasteiger partial charge < -0.3 is 25.6 Å². The average molecular weight is 509 g/mol. The topological polar surface area (TPSA) is 126 Å². The van der Waals surface area contributed by atoms with Crippen LogP contribution in [0.5, 0.6) is 5.88 Å². The predicted octanol–water partition coefficient (Wildman–Crippen LogP) is 3.48. The number of rotatable bonds is 4. The molecule has 2 fully saturated rings. The lowest BCUT2D eigenvalue weighted by molar-refractivity contribution is -0.00678. The number of carboxylic acid groups (broad SMARTS) is 1. The Labute approximate surface area is 213 Å². The van der Waals surface area contributed by atoms with Crippen molar-refractivity contribution in [2.24, 2.45) is 0 Å². The maximum Gasteiger partial charge on any atom is 0.413 e. The Hall–Kier alpha value is -3.70. The van der Waals surface area contributed by atoms with E-state index in [2.05, 4.69) is 20.2 Å². The second kappa shape index (κ2) is 9.31. The highest BCUT2D eigenvalue weighted by Gasteiger charge is 2.40. The first kappa shape index (κ1) is 23.7. The number of nitrogens with one attached hydrogen (secondary N) is 1. The zero-order chi connectivity index (χ0) is 25.7. The molecule has 0 spiro atoms. The second-order valence-corrected chi connectivity index (χ2v) is 9.75. The van der Waals surface area contributed by atoms with Gasteiger partial charge >= 0.3 is 6.09 Å². The van der Waals surface area contributed by atoms with E-state index in [1.54, 1.807) is 18.3 Å². The molecule has 3 aromatic rings. The molecule has 1 saturated carbocycles. The van der Waals surface area contributed by atoms with Gasteiger partial charge in [-0.05, 0) is 42.8 Å². The van der Waals surface area contributed by atoms with E-state index in [4.69, 9.17) is 15.2 Å². The summed E-state index contributed by atoms with van der Waals surface area (Å²) in [4.78, 5) is 24.7. The van der Waals surface area contributed by atoms with Crippen LogP contribution in [0.3, 0.4) is 0 Å². The van der Waals surface area contributed by atoms with Crippen LogP contribution in [0, 0.1) is 12.7 Å². The van der Waals surface area contributed by atoms with E-state index >= 15 is 4.39 Å². The number of ether oxygens (including phenoxy) is 2. The summed E-state index contributed by atoms with van der Waals surface area (Å²) < 4.78 is 26.5. The minimum absolute atomic E-state index is 0.0363.